The van der Waals surface area contributed by atoms with Gasteiger partial charge in [0.1, 0.15) is 0 Å². The van der Waals surface area contributed by atoms with Gasteiger partial charge >= 0.3 is 0 Å². The first-order valence-corrected chi connectivity index (χ1v) is 4.56. The molecule has 0 spiro atoms. The van der Waals surface area contributed by atoms with Crippen LogP contribution in [0.15, 0.2) is 0 Å². The molecule has 0 fully saturated rings. The summed E-state index contributed by atoms with van der Waals surface area (Å²) in [6.07, 6.45) is 5.26. The van der Waals surface area contributed by atoms with Gasteiger partial charge in [-0.25, -0.2) is 0 Å². The van der Waals surface area contributed by atoms with E-state index in [1.165, 1.54) is 12.8 Å². The SMILES string of the molecule is CCCCC(CCO)CCO. The zero-order chi connectivity index (χ0) is 8.53. The van der Waals surface area contributed by atoms with Crippen molar-refractivity contribution in [2.75, 3.05) is 13.2 Å². The van der Waals surface area contributed by atoms with Crippen molar-refractivity contribution in [1.29, 1.82) is 0 Å². The van der Waals surface area contributed by atoms with Crippen LogP contribution in [0, 0.1) is 5.92 Å². The van der Waals surface area contributed by atoms with E-state index < -0.39 is 0 Å². The first kappa shape index (κ1) is 10.9. The number of aliphatic hydroxyl groups is 2. The van der Waals surface area contributed by atoms with Gasteiger partial charge in [-0.15, -0.1) is 0 Å². The minimum Gasteiger partial charge on any atom is -0.396 e. The molecule has 0 aromatic carbocycles. The lowest BCUT2D eigenvalue weighted by Gasteiger charge is -2.12. The Morgan fingerprint density at radius 1 is 1.00 bits per heavy atom. The van der Waals surface area contributed by atoms with E-state index in [0.29, 0.717) is 5.92 Å². The van der Waals surface area contributed by atoms with Crippen LogP contribution in [0.2, 0.25) is 0 Å². The molecular formula is C9H20O2. The summed E-state index contributed by atoms with van der Waals surface area (Å²) in [5.41, 5.74) is 0. The summed E-state index contributed by atoms with van der Waals surface area (Å²) < 4.78 is 0. The Balaban J connectivity index is 3.34. The average molecular weight is 160 g/mol. The van der Waals surface area contributed by atoms with Crippen molar-refractivity contribution in [3.05, 3.63) is 0 Å². The number of hydrogen-bond donors (Lipinski definition) is 2. The summed E-state index contributed by atoms with van der Waals surface area (Å²) in [5.74, 6) is 0.532. The molecule has 0 aromatic heterocycles. The van der Waals surface area contributed by atoms with Gasteiger partial charge in [0.05, 0.1) is 0 Å². The van der Waals surface area contributed by atoms with Gasteiger partial charge in [0.15, 0.2) is 0 Å². The molecule has 2 N–H and O–H groups in total. The van der Waals surface area contributed by atoms with Gasteiger partial charge in [0.2, 0.25) is 0 Å². The van der Waals surface area contributed by atoms with Gasteiger partial charge in [0.25, 0.3) is 0 Å². The molecule has 0 aliphatic heterocycles. The number of unbranched alkanes of at least 4 members (excludes halogenated alkanes) is 1. The fourth-order valence-corrected chi connectivity index (χ4v) is 1.29. The fraction of sp³-hybridized carbons (Fsp3) is 1.00. The molecule has 0 aliphatic carbocycles. The molecule has 68 valence electrons. The highest BCUT2D eigenvalue weighted by Gasteiger charge is 2.05. The third-order valence-electron chi connectivity index (χ3n) is 2.04. The van der Waals surface area contributed by atoms with Crippen molar-refractivity contribution in [1.82, 2.24) is 0 Å². The lowest BCUT2D eigenvalue weighted by atomic mass is 9.96. The number of rotatable bonds is 7. The summed E-state index contributed by atoms with van der Waals surface area (Å²) in [7, 11) is 0. The molecule has 0 amide bonds. The second-order valence-corrected chi connectivity index (χ2v) is 3.03. The van der Waals surface area contributed by atoms with Crippen LogP contribution in [0.1, 0.15) is 39.0 Å². The van der Waals surface area contributed by atoms with E-state index in [2.05, 4.69) is 6.92 Å². The molecule has 2 nitrogen and oxygen atoms in total. The standard InChI is InChI=1S/C9H20O2/c1-2-3-4-9(5-7-10)6-8-11/h9-11H,2-8H2,1H3. The van der Waals surface area contributed by atoms with Crippen molar-refractivity contribution >= 4 is 0 Å². The maximum Gasteiger partial charge on any atom is 0.0433 e. The van der Waals surface area contributed by atoms with E-state index >= 15 is 0 Å². The number of aliphatic hydroxyl groups excluding tert-OH is 2. The molecule has 0 atom stereocenters. The highest BCUT2D eigenvalue weighted by Crippen LogP contribution is 2.15. The zero-order valence-electron chi connectivity index (χ0n) is 7.42. The topological polar surface area (TPSA) is 40.5 Å². The Bertz CT molecular complexity index is 68.0. The Kier molecular flexibility index (Phi) is 7.96. The summed E-state index contributed by atoms with van der Waals surface area (Å²) >= 11 is 0. The molecule has 0 radical (unpaired) electrons. The maximum absolute atomic E-state index is 8.68. The minimum atomic E-state index is 0.258. The van der Waals surface area contributed by atoms with Gasteiger partial charge in [-0.3, -0.25) is 0 Å². The second kappa shape index (κ2) is 8.02. The van der Waals surface area contributed by atoms with E-state index in [-0.39, 0.29) is 13.2 Å². The van der Waals surface area contributed by atoms with E-state index in [1.54, 1.807) is 0 Å². The lowest BCUT2D eigenvalue weighted by Crippen LogP contribution is -2.05. The monoisotopic (exact) mass is 160 g/mol. The van der Waals surface area contributed by atoms with Crippen LogP contribution in [0.4, 0.5) is 0 Å². The molecule has 2 heteroatoms. The highest BCUT2D eigenvalue weighted by atomic mass is 16.3. The molecule has 0 saturated heterocycles. The van der Waals surface area contributed by atoms with E-state index in [1.807, 2.05) is 0 Å². The molecule has 0 heterocycles. The number of hydrogen-bond acceptors (Lipinski definition) is 2. The van der Waals surface area contributed by atoms with E-state index in [0.717, 1.165) is 19.3 Å². The fourth-order valence-electron chi connectivity index (χ4n) is 1.29. The average Bonchev–Trinajstić information content (AvgIpc) is 2.01. The third-order valence-corrected chi connectivity index (χ3v) is 2.04. The Morgan fingerprint density at radius 2 is 1.55 bits per heavy atom. The van der Waals surface area contributed by atoms with Gasteiger partial charge in [-0.05, 0) is 18.8 Å². The van der Waals surface area contributed by atoms with Crippen LogP contribution in [0.5, 0.6) is 0 Å². The van der Waals surface area contributed by atoms with Gasteiger partial charge in [-0.1, -0.05) is 26.2 Å². The van der Waals surface area contributed by atoms with Gasteiger partial charge < -0.3 is 10.2 Å². The predicted molar refractivity (Wildman–Crippen MR) is 46.4 cm³/mol. The molecule has 0 rings (SSSR count). The summed E-state index contributed by atoms with van der Waals surface area (Å²) in [4.78, 5) is 0. The summed E-state index contributed by atoms with van der Waals surface area (Å²) in [6.45, 7) is 2.68. The van der Waals surface area contributed by atoms with Crippen molar-refractivity contribution in [2.24, 2.45) is 5.92 Å². The molecule has 0 aromatic rings. The Morgan fingerprint density at radius 3 is 1.91 bits per heavy atom. The first-order valence-electron chi connectivity index (χ1n) is 4.56. The quantitative estimate of drug-likeness (QED) is 0.593. The third kappa shape index (κ3) is 6.32. The first-order chi connectivity index (χ1) is 5.35. The molecular weight excluding hydrogens is 140 g/mol. The summed E-state index contributed by atoms with van der Waals surface area (Å²) in [6, 6.07) is 0. The molecule has 0 saturated carbocycles. The van der Waals surface area contributed by atoms with Gasteiger partial charge in [0, 0.05) is 13.2 Å². The van der Waals surface area contributed by atoms with Crippen LogP contribution in [-0.2, 0) is 0 Å². The molecule has 0 aliphatic rings. The summed E-state index contributed by atoms with van der Waals surface area (Å²) in [5, 5.41) is 17.4. The Hall–Kier alpha value is -0.0800. The minimum absolute atomic E-state index is 0.258. The maximum atomic E-state index is 8.68. The van der Waals surface area contributed by atoms with Crippen LogP contribution in [-0.4, -0.2) is 23.4 Å². The van der Waals surface area contributed by atoms with E-state index in [9.17, 15) is 0 Å². The van der Waals surface area contributed by atoms with Crippen molar-refractivity contribution in [3.63, 3.8) is 0 Å². The van der Waals surface area contributed by atoms with Crippen LogP contribution >= 0.6 is 0 Å². The van der Waals surface area contributed by atoms with Crippen molar-refractivity contribution in [3.8, 4) is 0 Å². The van der Waals surface area contributed by atoms with Crippen LogP contribution < -0.4 is 0 Å². The molecule has 0 bridgehead atoms. The second-order valence-electron chi connectivity index (χ2n) is 3.03. The Labute approximate surface area is 69.2 Å². The van der Waals surface area contributed by atoms with Gasteiger partial charge in [-0.2, -0.15) is 0 Å². The largest absolute Gasteiger partial charge is 0.396 e. The molecule has 11 heavy (non-hydrogen) atoms. The molecule has 0 unspecified atom stereocenters. The van der Waals surface area contributed by atoms with Crippen molar-refractivity contribution in [2.45, 2.75) is 39.0 Å². The van der Waals surface area contributed by atoms with Crippen LogP contribution in [0.3, 0.4) is 0 Å². The van der Waals surface area contributed by atoms with Crippen molar-refractivity contribution < 1.29 is 10.2 Å². The highest BCUT2D eigenvalue weighted by molar-refractivity contribution is 4.58. The predicted octanol–water partition coefficient (Wildman–Crippen LogP) is 1.56. The van der Waals surface area contributed by atoms with E-state index in [4.69, 9.17) is 10.2 Å². The smallest absolute Gasteiger partial charge is 0.0433 e. The van der Waals surface area contributed by atoms with Crippen LogP contribution in [0.25, 0.3) is 0 Å². The lowest BCUT2D eigenvalue weighted by molar-refractivity contribution is 0.208. The normalized spacial score (nSPS) is 10.9. The zero-order valence-corrected chi connectivity index (χ0v) is 7.42.